The van der Waals surface area contributed by atoms with Crippen LogP contribution in [0.4, 0.5) is 15.9 Å². The van der Waals surface area contributed by atoms with Gasteiger partial charge in [-0.05, 0) is 30.3 Å². The van der Waals surface area contributed by atoms with E-state index < -0.39 is 5.82 Å². The van der Waals surface area contributed by atoms with Crippen LogP contribution in [0.2, 0.25) is 0 Å². The van der Waals surface area contributed by atoms with Gasteiger partial charge in [0.05, 0.1) is 37.1 Å². The van der Waals surface area contributed by atoms with Crippen LogP contribution in [0.15, 0.2) is 67.0 Å². The Hall–Kier alpha value is -5.04. The zero-order chi connectivity index (χ0) is 28.5. The minimum atomic E-state index is -0.538. The Bertz CT molecular complexity index is 1770. The van der Waals surface area contributed by atoms with Gasteiger partial charge in [-0.3, -0.25) is 9.48 Å². The summed E-state index contributed by atoms with van der Waals surface area (Å²) >= 11 is 1.31. The highest BCUT2D eigenvalue weighted by Gasteiger charge is 2.31. The molecular formula is C28H24FN7O4S. The second kappa shape index (κ2) is 10.8. The number of halogens is 1. The highest BCUT2D eigenvalue weighted by atomic mass is 32.1. The maximum Gasteiger partial charge on any atom is 0.279 e. The van der Waals surface area contributed by atoms with Crippen molar-refractivity contribution in [3.8, 4) is 33.8 Å². The molecule has 0 radical (unpaired) electrons. The van der Waals surface area contributed by atoms with Gasteiger partial charge in [-0.25, -0.2) is 19.3 Å². The molecule has 13 heteroatoms. The molecule has 1 saturated heterocycles. The molecule has 6 rings (SSSR count). The van der Waals surface area contributed by atoms with Crippen LogP contribution in [0.5, 0.6) is 22.4 Å². The summed E-state index contributed by atoms with van der Waals surface area (Å²) in [7, 11) is 3.37. The molecule has 0 bridgehead atoms. The molecule has 1 aliphatic heterocycles. The van der Waals surface area contributed by atoms with Gasteiger partial charge >= 0.3 is 0 Å². The first-order chi connectivity index (χ1) is 19.9. The lowest BCUT2D eigenvalue weighted by molar-refractivity contribution is -0.134. The molecule has 208 valence electrons. The van der Waals surface area contributed by atoms with Crippen molar-refractivity contribution >= 4 is 39.7 Å². The first-order valence-electron chi connectivity index (χ1n) is 12.5. The Morgan fingerprint density at radius 3 is 2.78 bits per heavy atom. The quantitative estimate of drug-likeness (QED) is 0.245. The fraction of sp³-hybridized carbons (Fsp3) is 0.179. The van der Waals surface area contributed by atoms with E-state index in [-0.39, 0.29) is 17.7 Å². The summed E-state index contributed by atoms with van der Waals surface area (Å²) in [6.07, 6.45) is 4.15. The van der Waals surface area contributed by atoms with Crippen LogP contribution < -0.4 is 19.5 Å². The molecule has 0 unspecified atom stereocenters. The van der Waals surface area contributed by atoms with Crippen molar-refractivity contribution in [1.29, 1.82) is 0 Å². The number of nitrogens with zero attached hydrogens (tertiary/aromatic N) is 6. The summed E-state index contributed by atoms with van der Waals surface area (Å²) in [5.74, 6) is 0.951. The molecule has 0 atom stereocenters. The number of fused-ring (bicyclic) bond motifs is 1. The van der Waals surface area contributed by atoms with E-state index in [1.807, 2.05) is 18.5 Å². The van der Waals surface area contributed by atoms with E-state index in [4.69, 9.17) is 14.2 Å². The average Bonchev–Trinajstić information content (AvgIpc) is 3.59. The van der Waals surface area contributed by atoms with Crippen molar-refractivity contribution in [2.24, 2.45) is 7.05 Å². The van der Waals surface area contributed by atoms with Crippen LogP contribution in [0.3, 0.4) is 0 Å². The third-order valence-corrected chi connectivity index (χ3v) is 7.23. The predicted octanol–water partition coefficient (Wildman–Crippen LogP) is 4.95. The number of aromatic nitrogens is 5. The molecule has 5 aromatic rings. The van der Waals surface area contributed by atoms with E-state index >= 15 is 4.39 Å². The van der Waals surface area contributed by atoms with Crippen LogP contribution >= 0.6 is 11.3 Å². The molecule has 4 heterocycles. The number of benzene rings is 2. The lowest BCUT2D eigenvalue weighted by atomic mass is 10.1. The Morgan fingerprint density at radius 1 is 1.20 bits per heavy atom. The molecule has 0 saturated carbocycles. The van der Waals surface area contributed by atoms with Crippen molar-refractivity contribution in [2.45, 2.75) is 6.10 Å². The summed E-state index contributed by atoms with van der Waals surface area (Å²) in [5.41, 5.74) is 2.35. The van der Waals surface area contributed by atoms with Crippen LogP contribution in [0, 0.1) is 5.82 Å². The molecule has 1 N–H and O–H groups in total. The first kappa shape index (κ1) is 26.2. The maximum absolute atomic E-state index is 15.2. The van der Waals surface area contributed by atoms with E-state index in [9.17, 15) is 4.79 Å². The van der Waals surface area contributed by atoms with Gasteiger partial charge in [0.1, 0.15) is 35.5 Å². The first-order valence-corrected chi connectivity index (χ1v) is 13.4. The Balaban J connectivity index is 1.20. The standard InChI is InChI=1S/C28H24FN7O4S/c1-4-26(37)36-12-17(13-36)39-25-10-18-21(11-24(25)38-3)30-15-31-27(18)33-20-6-5-16(9-19(20)29)40-28-34-22(14-41-28)23-7-8-32-35(23)2/h4-11,14-15,17H,1,12-13H2,2-3H3,(H,30,31,33). The lowest BCUT2D eigenvalue weighted by Gasteiger charge is -2.38. The molecule has 11 nitrogen and oxygen atoms in total. The Kier molecular flexibility index (Phi) is 6.93. The number of likely N-dealkylation sites (tertiary alicyclic amines) is 1. The number of hydrogen-bond donors (Lipinski definition) is 1. The number of carbonyl (C=O) groups is 1. The number of nitrogens with one attached hydrogen (secondary N) is 1. The molecule has 0 aliphatic carbocycles. The molecule has 1 amide bonds. The smallest absolute Gasteiger partial charge is 0.279 e. The van der Waals surface area contributed by atoms with E-state index in [1.54, 1.807) is 40.0 Å². The molecule has 2 aromatic carbocycles. The summed E-state index contributed by atoms with van der Waals surface area (Å²) < 4.78 is 34.3. The second-order valence-electron chi connectivity index (χ2n) is 9.14. The number of aryl methyl sites for hydroxylation is 1. The van der Waals surface area contributed by atoms with Crippen molar-refractivity contribution in [3.05, 3.63) is 72.8 Å². The maximum atomic E-state index is 15.2. The minimum absolute atomic E-state index is 0.144. The van der Waals surface area contributed by atoms with Gasteiger partial charge in [-0.15, -0.1) is 0 Å². The molecular weight excluding hydrogens is 549 g/mol. The molecule has 1 aliphatic rings. The average molecular weight is 574 g/mol. The van der Waals surface area contributed by atoms with Crippen molar-refractivity contribution in [1.82, 2.24) is 29.6 Å². The van der Waals surface area contributed by atoms with Gasteiger partial charge in [-0.2, -0.15) is 5.10 Å². The molecule has 0 spiro atoms. The topological polar surface area (TPSA) is 117 Å². The monoisotopic (exact) mass is 573 g/mol. The van der Waals surface area contributed by atoms with Gasteiger partial charge in [0.2, 0.25) is 5.91 Å². The third kappa shape index (κ3) is 5.26. The van der Waals surface area contributed by atoms with E-state index in [1.165, 1.54) is 36.9 Å². The second-order valence-corrected chi connectivity index (χ2v) is 9.96. The predicted molar refractivity (Wildman–Crippen MR) is 151 cm³/mol. The number of ether oxygens (including phenoxy) is 3. The van der Waals surface area contributed by atoms with Gasteiger partial charge in [0, 0.05) is 36.1 Å². The highest BCUT2D eigenvalue weighted by molar-refractivity contribution is 7.11. The van der Waals surface area contributed by atoms with Crippen molar-refractivity contribution in [3.63, 3.8) is 0 Å². The summed E-state index contributed by atoms with van der Waals surface area (Å²) in [6.45, 7) is 4.38. The zero-order valence-corrected chi connectivity index (χ0v) is 22.9. The van der Waals surface area contributed by atoms with Gasteiger partial charge in [0.15, 0.2) is 11.5 Å². The van der Waals surface area contributed by atoms with Gasteiger partial charge in [-0.1, -0.05) is 17.9 Å². The number of hydrogen-bond acceptors (Lipinski definition) is 10. The van der Waals surface area contributed by atoms with Crippen LogP contribution in [0.25, 0.3) is 22.3 Å². The highest BCUT2D eigenvalue weighted by Crippen LogP contribution is 2.37. The molecule has 3 aromatic heterocycles. The number of methoxy groups -OCH3 is 1. The van der Waals surface area contributed by atoms with Crippen molar-refractivity contribution < 1.29 is 23.4 Å². The zero-order valence-electron chi connectivity index (χ0n) is 22.1. The molecule has 1 fully saturated rings. The fourth-order valence-electron chi connectivity index (χ4n) is 4.35. The van der Waals surface area contributed by atoms with E-state index in [0.29, 0.717) is 52.3 Å². The number of carbonyl (C=O) groups excluding carboxylic acids is 1. The summed E-state index contributed by atoms with van der Waals surface area (Å²) in [4.78, 5) is 26.5. The summed E-state index contributed by atoms with van der Waals surface area (Å²) in [6, 6.07) is 9.81. The largest absolute Gasteiger partial charge is 0.493 e. The fourth-order valence-corrected chi connectivity index (χ4v) is 5.03. The van der Waals surface area contributed by atoms with Crippen LogP contribution in [0.1, 0.15) is 0 Å². The Labute approximate surface area is 237 Å². The number of thiazole rings is 1. The normalized spacial score (nSPS) is 13.1. The minimum Gasteiger partial charge on any atom is -0.493 e. The van der Waals surface area contributed by atoms with Crippen LogP contribution in [-0.2, 0) is 11.8 Å². The number of rotatable bonds is 9. The number of anilines is 2. The van der Waals surface area contributed by atoms with E-state index in [0.717, 1.165) is 11.4 Å². The summed E-state index contributed by atoms with van der Waals surface area (Å²) in [5, 5.41) is 10.0. The SMILES string of the molecule is C=CC(=O)N1CC(Oc2cc3c(Nc4ccc(Oc5nc(-c6ccnn6C)cs5)cc4F)ncnc3cc2OC)C1. The molecule has 41 heavy (non-hydrogen) atoms. The van der Waals surface area contributed by atoms with Crippen molar-refractivity contribution in [2.75, 3.05) is 25.5 Å². The number of amides is 1. The lowest BCUT2D eigenvalue weighted by Crippen LogP contribution is -2.55. The van der Waals surface area contributed by atoms with Crippen LogP contribution in [-0.4, -0.2) is 61.8 Å². The van der Waals surface area contributed by atoms with Gasteiger partial charge < -0.3 is 24.4 Å². The third-order valence-electron chi connectivity index (χ3n) is 6.51. The Morgan fingerprint density at radius 2 is 2.05 bits per heavy atom. The van der Waals surface area contributed by atoms with E-state index in [2.05, 4.69) is 31.9 Å². The van der Waals surface area contributed by atoms with Gasteiger partial charge in [0.25, 0.3) is 5.19 Å².